The smallest absolute Gasteiger partial charge is 0.126 e. The zero-order valence-corrected chi connectivity index (χ0v) is 13.5. The van der Waals surface area contributed by atoms with Gasteiger partial charge in [0.1, 0.15) is 11.5 Å². The van der Waals surface area contributed by atoms with E-state index in [4.69, 9.17) is 21.6 Å². The minimum absolute atomic E-state index is 0.256. The first kappa shape index (κ1) is 15.5. The summed E-state index contributed by atoms with van der Waals surface area (Å²) in [6.45, 7) is 0. The Balaban J connectivity index is 2.13. The summed E-state index contributed by atoms with van der Waals surface area (Å²) in [5, 5.41) is 20.2. The van der Waals surface area contributed by atoms with Crippen LogP contribution in [-0.4, -0.2) is 12.2 Å². The zero-order valence-electron chi connectivity index (χ0n) is 12.8. The molecule has 0 atom stereocenters. The molecule has 0 heterocycles. The molecule has 2 aromatic carbocycles. The maximum atomic E-state index is 10.8. The zero-order chi connectivity index (χ0) is 16.4. The molecule has 3 nitrogen and oxygen atoms in total. The molecule has 23 heavy (non-hydrogen) atoms. The van der Waals surface area contributed by atoms with Gasteiger partial charge in [0.15, 0.2) is 0 Å². The number of aryl methyl sites for hydroxylation is 1. The van der Waals surface area contributed by atoms with Crippen molar-refractivity contribution in [3.05, 3.63) is 63.7 Å². The summed E-state index contributed by atoms with van der Waals surface area (Å²) in [4.78, 5) is 0. The lowest BCUT2D eigenvalue weighted by atomic mass is 9.98. The van der Waals surface area contributed by atoms with E-state index in [0.29, 0.717) is 10.6 Å². The van der Waals surface area contributed by atoms with Crippen LogP contribution in [0.3, 0.4) is 0 Å². The number of allylic oxidation sites excluding steroid dienone is 1. The van der Waals surface area contributed by atoms with E-state index in [1.807, 2.05) is 18.2 Å². The van der Waals surface area contributed by atoms with E-state index in [9.17, 15) is 5.11 Å². The lowest BCUT2D eigenvalue weighted by Crippen LogP contribution is -1.95. The molecule has 116 valence electrons. The molecule has 0 radical (unpaired) electrons. The van der Waals surface area contributed by atoms with E-state index in [1.54, 1.807) is 25.3 Å². The standard InChI is InChI=1S/C19H16ClNO2/c1-23-14-6-8-15-13(10-14)3-2-4-17(19(15)22)16-7-5-12(11-21)9-18(16)20/h5-10,22H,2-4H2,1H3. The normalized spacial score (nSPS) is 14.0. The summed E-state index contributed by atoms with van der Waals surface area (Å²) in [6, 6.07) is 12.9. The predicted octanol–water partition coefficient (Wildman–Crippen LogP) is 4.98. The van der Waals surface area contributed by atoms with Gasteiger partial charge in [-0.25, -0.2) is 0 Å². The van der Waals surface area contributed by atoms with Crippen LogP contribution in [0.1, 0.15) is 35.1 Å². The Labute approximate surface area is 140 Å². The molecule has 0 spiro atoms. The van der Waals surface area contributed by atoms with Gasteiger partial charge in [-0.3, -0.25) is 0 Å². The van der Waals surface area contributed by atoms with Gasteiger partial charge >= 0.3 is 0 Å². The maximum Gasteiger partial charge on any atom is 0.126 e. The van der Waals surface area contributed by atoms with Gasteiger partial charge in [-0.2, -0.15) is 5.26 Å². The van der Waals surface area contributed by atoms with E-state index >= 15 is 0 Å². The fourth-order valence-corrected chi connectivity index (χ4v) is 3.26. The largest absolute Gasteiger partial charge is 0.507 e. The molecule has 2 aromatic rings. The van der Waals surface area contributed by atoms with Gasteiger partial charge in [0.2, 0.25) is 0 Å². The van der Waals surface area contributed by atoms with Crippen molar-refractivity contribution in [2.45, 2.75) is 19.3 Å². The van der Waals surface area contributed by atoms with Gasteiger partial charge in [0, 0.05) is 21.7 Å². The van der Waals surface area contributed by atoms with Crippen LogP contribution in [0.25, 0.3) is 11.3 Å². The molecule has 0 saturated heterocycles. The molecule has 0 aromatic heterocycles. The van der Waals surface area contributed by atoms with Crippen LogP contribution in [-0.2, 0) is 6.42 Å². The van der Waals surface area contributed by atoms with E-state index in [-0.39, 0.29) is 5.76 Å². The number of halogens is 1. The van der Waals surface area contributed by atoms with Crippen LogP contribution >= 0.6 is 11.6 Å². The molecule has 0 fully saturated rings. The molecule has 0 saturated carbocycles. The van der Waals surface area contributed by atoms with Crippen molar-refractivity contribution in [1.82, 2.24) is 0 Å². The molecule has 1 aliphatic carbocycles. The number of rotatable bonds is 2. The van der Waals surface area contributed by atoms with E-state index in [2.05, 4.69) is 6.07 Å². The Morgan fingerprint density at radius 1 is 1.13 bits per heavy atom. The number of hydrogen-bond acceptors (Lipinski definition) is 3. The highest BCUT2D eigenvalue weighted by Gasteiger charge is 2.20. The van der Waals surface area contributed by atoms with Crippen LogP contribution in [0, 0.1) is 11.3 Å². The number of nitrogens with zero attached hydrogens (tertiary/aromatic N) is 1. The summed E-state index contributed by atoms with van der Waals surface area (Å²) < 4.78 is 5.26. The minimum Gasteiger partial charge on any atom is -0.507 e. The van der Waals surface area contributed by atoms with E-state index in [1.165, 1.54) is 0 Å². The number of benzene rings is 2. The van der Waals surface area contributed by atoms with Crippen molar-refractivity contribution in [3.63, 3.8) is 0 Å². The Morgan fingerprint density at radius 3 is 2.61 bits per heavy atom. The summed E-state index contributed by atoms with van der Waals surface area (Å²) in [5.74, 6) is 1.04. The number of fused-ring (bicyclic) bond motifs is 1. The highest BCUT2D eigenvalue weighted by atomic mass is 35.5. The van der Waals surface area contributed by atoms with E-state index < -0.39 is 0 Å². The van der Waals surface area contributed by atoms with Gasteiger partial charge < -0.3 is 9.84 Å². The Kier molecular flexibility index (Phi) is 4.27. The van der Waals surface area contributed by atoms with Gasteiger partial charge in [-0.15, -0.1) is 0 Å². The highest BCUT2D eigenvalue weighted by molar-refractivity contribution is 6.32. The molecule has 3 rings (SSSR count). The second kappa shape index (κ2) is 6.36. The summed E-state index contributed by atoms with van der Waals surface area (Å²) in [6.07, 6.45) is 2.51. The van der Waals surface area contributed by atoms with Crippen LogP contribution in [0.2, 0.25) is 5.02 Å². The first-order valence-electron chi connectivity index (χ1n) is 7.43. The molecular weight excluding hydrogens is 310 g/mol. The monoisotopic (exact) mass is 325 g/mol. The fourth-order valence-electron chi connectivity index (χ4n) is 2.96. The second-order valence-electron chi connectivity index (χ2n) is 5.51. The average Bonchev–Trinajstić information content (AvgIpc) is 2.73. The molecule has 0 aliphatic heterocycles. The molecule has 4 heteroatoms. The van der Waals surface area contributed by atoms with Gasteiger partial charge in [-0.1, -0.05) is 17.7 Å². The second-order valence-corrected chi connectivity index (χ2v) is 5.92. The third-order valence-corrected chi connectivity index (χ3v) is 4.46. The number of aliphatic hydroxyl groups is 1. The van der Waals surface area contributed by atoms with Crippen molar-refractivity contribution in [2.24, 2.45) is 0 Å². The van der Waals surface area contributed by atoms with Crippen LogP contribution in [0.4, 0.5) is 0 Å². The third kappa shape index (κ3) is 2.91. The SMILES string of the molecule is COc1ccc2c(c1)CCCC(c1ccc(C#N)cc1Cl)=C2O. The lowest BCUT2D eigenvalue weighted by Gasteiger charge is -2.12. The lowest BCUT2D eigenvalue weighted by molar-refractivity contribution is 0.414. The van der Waals surface area contributed by atoms with Crippen LogP contribution in [0.5, 0.6) is 5.75 Å². The number of ether oxygens (including phenoxy) is 1. The highest BCUT2D eigenvalue weighted by Crippen LogP contribution is 2.38. The Morgan fingerprint density at radius 2 is 1.91 bits per heavy atom. The molecule has 1 N–H and O–H groups in total. The fraction of sp³-hybridized carbons (Fsp3) is 0.211. The Bertz CT molecular complexity index is 834. The van der Waals surface area contributed by atoms with Crippen molar-refractivity contribution < 1.29 is 9.84 Å². The maximum absolute atomic E-state index is 10.8. The molecule has 0 bridgehead atoms. The summed E-state index contributed by atoms with van der Waals surface area (Å²) >= 11 is 6.32. The molecule has 1 aliphatic rings. The molecule has 0 unspecified atom stereocenters. The number of hydrogen-bond donors (Lipinski definition) is 1. The van der Waals surface area contributed by atoms with Crippen molar-refractivity contribution in [3.8, 4) is 11.8 Å². The molecular formula is C19H16ClNO2. The van der Waals surface area contributed by atoms with Crippen LogP contribution in [0.15, 0.2) is 36.4 Å². The minimum atomic E-state index is 0.256. The summed E-state index contributed by atoms with van der Waals surface area (Å²) in [7, 11) is 1.63. The quantitative estimate of drug-likeness (QED) is 0.846. The first-order valence-corrected chi connectivity index (χ1v) is 7.81. The number of aliphatic hydroxyl groups excluding tert-OH is 1. The predicted molar refractivity (Wildman–Crippen MR) is 91.5 cm³/mol. The number of nitriles is 1. The van der Waals surface area contributed by atoms with Gasteiger partial charge in [0.25, 0.3) is 0 Å². The topological polar surface area (TPSA) is 53.2 Å². The first-order chi connectivity index (χ1) is 11.1. The molecule has 0 amide bonds. The summed E-state index contributed by atoms with van der Waals surface area (Å²) in [5.41, 5.74) is 4.01. The van der Waals surface area contributed by atoms with Crippen molar-refractivity contribution in [1.29, 1.82) is 5.26 Å². The van der Waals surface area contributed by atoms with Gasteiger partial charge in [-0.05, 0) is 55.2 Å². The average molecular weight is 326 g/mol. The van der Waals surface area contributed by atoms with Crippen molar-refractivity contribution >= 4 is 22.9 Å². The van der Waals surface area contributed by atoms with Gasteiger partial charge in [0.05, 0.1) is 18.7 Å². The van der Waals surface area contributed by atoms with E-state index in [0.717, 1.165) is 47.3 Å². The Hall–Kier alpha value is -2.44. The third-order valence-electron chi connectivity index (χ3n) is 4.15. The van der Waals surface area contributed by atoms with Crippen molar-refractivity contribution in [2.75, 3.05) is 7.11 Å². The van der Waals surface area contributed by atoms with Crippen LogP contribution < -0.4 is 4.74 Å². The number of methoxy groups -OCH3 is 1.